The maximum atomic E-state index is 11.2. The first-order chi connectivity index (χ1) is 6.83. The van der Waals surface area contributed by atoms with Crippen molar-refractivity contribution in [3.63, 3.8) is 0 Å². The summed E-state index contributed by atoms with van der Waals surface area (Å²) in [6.45, 7) is 1.62. The predicted molar refractivity (Wildman–Crippen MR) is 56.5 cm³/mol. The van der Waals surface area contributed by atoms with Gasteiger partial charge >= 0.3 is 5.97 Å². The minimum Gasteiger partial charge on any atom is -0.480 e. The number of aliphatic carboxylic acids is 1. The Hall–Kier alpha value is -0.620. The number of hydrogen-bond acceptors (Lipinski definition) is 4. The Bertz CT molecular complexity index is 324. The zero-order chi connectivity index (χ0) is 11.6. The molecule has 1 aliphatic rings. The highest BCUT2D eigenvalue weighted by Gasteiger charge is 2.30. The van der Waals surface area contributed by atoms with E-state index in [4.69, 9.17) is 5.11 Å². The van der Waals surface area contributed by atoms with Gasteiger partial charge in [0, 0.05) is 6.04 Å². The SMILES string of the molecule is CC(C(=O)O)N(C)C1CCS(=O)(=O)CC1. The number of rotatable bonds is 3. The molecular weight excluding hydrogens is 218 g/mol. The predicted octanol–water partition coefficient (Wildman–Crippen LogP) is -0.0315. The molecule has 1 fully saturated rings. The van der Waals surface area contributed by atoms with Crippen molar-refractivity contribution in [2.24, 2.45) is 0 Å². The molecule has 1 saturated heterocycles. The smallest absolute Gasteiger partial charge is 0.320 e. The fourth-order valence-electron chi connectivity index (χ4n) is 1.78. The third-order valence-corrected chi connectivity index (χ3v) is 4.78. The van der Waals surface area contributed by atoms with Crippen LogP contribution in [-0.4, -0.2) is 55.0 Å². The van der Waals surface area contributed by atoms with Crippen LogP contribution >= 0.6 is 0 Å². The van der Waals surface area contributed by atoms with Crippen molar-refractivity contribution >= 4 is 15.8 Å². The van der Waals surface area contributed by atoms with Gasteiger partial charge in [-0.25, -0.2) is 8.42 Å². The van der Waals surface area contributed by atoms with Gasteiger partial charge in [-0.2, -0.15) is 0 Å². The average Bonchev–Trinajstić information content (AvgIpc) is 2.15. The first-order valence-corrected chi connectivity index (χ1v) is 6.81. The summed E-state index contributed by atoms with van der Waals surface area (Å²) in [5, 5.41) is 8.83. The normalized spacial score (nSPS) is 23.9. The molecule has 0 spiro atoms. The van der Waals surface area contributed by atoms with E-state index < -0.39 is 21.8 Å². The number of hydrogen-bond donors (Lipinski definition) is 1. The molecule has 0 aliphatic carbocycles. The Balaban J connectivity index is 2.57. The molecule has 1 heterocycles. The molecule has 0 aromatic heterocycles. The summed E-state index contributed by atoms with van der Waals surface area (Å²) in [6, 6.07) is -0.490. The van der Waals surface area contributed by atoms with Gasteiger partial charge in [0.25, 0.3) is 0 Å². The molecule has 6 heteroatoms. The molecule has 15 heavy (non-hydrogen) atoms. The van der Waals surface area contributed by atoms with Gasteiger partial charge in [-0.3, -0.25) is 9.69 Å². The van der Waals surface area contributed by atoms with Gasteiger partial charge in [-0.05, 0) is 26.8 Å². The second-order valence-corrected chi connectivity index (χ2v) is 6.37. The minimum atomic E-state index is -2.87. The van der Waals surface area contributed by atoms with Crippen LogP contribution in [0.4, 0.5) is 0 Å². The van der Waals surface area contributed by atoms with E-state index in [1.54, 1.807) is 18.9 Å². The summed E-state index contributed by atoms with van der Waals surface area (Å²) >= 11 is 0. The van der Waals surface area contributed by atoms with Crippen LogP contribution < -0.4 is 0 Å². The number of sulfone groups is 1. The van der Waals surface area contributed by atoms with Crippen LogP contribution in [0, 0.1) is 0 Å². The van der Waals surface area contributed by atoms with Gasteiger partial charge in [-0.1, -0.05) is 0 Å². The Kier molecular flexibility index (Phi) is 3.72. The number of likely N-dealkylation sites (N-methyl/N-ethyl adjacent to an activating group) is 1. The maximum Gasteiger partial charge on any atom is 0.320 e. The zero-order valence-corrected chi connectivity index (χ0v) is 9.83. The van der Waals surface area contributed by atoms with Crippen LogP contribution in [0.25, 0.3) is 0 Å². The van der Waals surface area contributed by atoms with Crippen molar-refractivity contribution in [1.29, 1.82) is 0 Å². The highest BCUT2D eigenvalue weighted by atomic mass is 32.2. The summed E-state index contributed by atoms with van der Waals surface area (Å²) in [5.74, 6) is -0.520. The van der Waals surface area contributed by atoms with Crippen molar-refractivity contribution in [3.8, 4) is 0 Å². The lowest BCUT2D eigenvalue weighted by atomic mass is 10.1. The Morgan fingerprint density at radius 3 is 2.27 bits per heavy atom. The van der Waals surface area contributed by atoms with Crippen LogP contribution in [0.1, 0.15) is 19.8 Å². The van der Waals surface area contributed by atoms with Gasteiger partial charge in [0.1, 0.15) is 15.9 Å². The summed E-state index contributed by atoms with van der Waals surface area (Å²) in [6.07, 6.45) is 1.08. The van der Waals surface area contributed by atoms with Gasteiger partial charge in [0.15, 0.2) is 0 Å². The first-order valence-electron chi connectivity index (χ1n) is 4.98. The van der Waals surface area contributed by atoms with E-state index in [1.165, 1.54) is 0 Å². The van der Waals surface area contributed by atoms with Crippen LogP contribution in [0.15, 0.2) is 0 Å². The van der Waals surface area contributed by atoms with Crippen molar-refractivity contribution in [1.82, 2.24) is 4.90 Å². The van der Waals surface area contributed by atoms with Crippen LogP contribution in [0.3, 0.4) is 0 Å². The Morgan fingerprint density at radius 1 is 1.40 bits per heavy atom. The third-order valence-electron chi connectivity index (χ3n) is 3.07. The highest BCUT2D eigenvalue weighted by Crippen LogP contribution is 2.18. The van der Waals surface area contributed by atoms with Gasteiger partial charge in [0.05, 0.1) is 11.5 Å². The quantitative estimate of drug-likeness (QED) is 0.743. The largest absolute Gasteiger partial charge is 0.480 e. The topological polar surface area (TPSA) is 74.7 Å². The van der Waals surface area contributed by atoms with E-state index in [-0.39, 0.29) is 17.5 Å². The molecule has 1 rings (SSSR count). The molecule has 1 N–H and O–H groups in total. The zero-order valence-electron chi connectivity index (χ0n) is 9.01. The molecule has 1 unspecified atom stereocenters. The molecule has 0 bridgehead atoms. The van der Waals surface area contributed by atoms with Crippen molar-refractivity contribution in [2.75, 3.05) is 18.6 Å². The highest BCUT2D eigenvalue weighted by molar-refractivity contribution is 7.91. The van der Waals surface area contributed by atoms with Gasteiger partial charge < -0.3 is 5.11 Å². The van der Waals surface area contributed by atoms with E-state index in [2.05, 4.69) is 0 Å². The summed E-state index contributed by atoms with van der Waals surface area (Å²) in [4.78, 5) is 12.5. The lowest BCUT2D eigenvalue weighted by molar-refractivity contribution is -0.143. The third kappa shape index (κ3) is 3.17. The molecule has 0 amide bonds. The van der Waals surface area contributed by atoms with Crippen LogP contribution in [0.5, 0.6) is 0 Å². The van der Waals surface area contributed by atoms with Crippen molar-refractivity contribution < 1.29 is 18.3 Å². The summed E-state index contributed by atoms with van der Waals surface area (Å²) < 4.78 is 22.4. The van der Waals surface area contributed by atoms with E-state index >= 15 is 0 Å². The second-order valence-electron chi connectivity index (χ2n) is 4.06. The molecular formula is C9H17NO4S. The Morgan fingerprint density at radius 2 is 1.87 bits per heavy atom. The van der Waals surface area contributed by atoms with Gasteiger partial charge in [0.2, 0.25) is 0 Å². The minimum absolute atomic E-state index is 0.0691. The number of carboxylic acid groups (broad SMARTS) is 1. The lowest BCUT2D eigenvalue weighted by Crippen LogP contribution is -2.46. The lowest BCUT2D eigenvalue weighted by Gasteiger charge is -2.33. The standard InChI is InChI=1S/C9H17NO4S/c1-7(9(11)12)10(2)8-3-5-15(13,14)6-4-8/h7-8H,3-6H2,1-2H3,(H,11,12). The van der Waals surface area contributed by atoms with E-state index in [9.17, 15) is 13.2 Å². The molecule has 0 radical (unpaired) electrons. The van der Waals surface area contributed by atoms with Gasteiger partial charge in [-0.15, -0.1) is 0 Å². The maximum absolute atomic E-state index is 11.2. The molecule has 0 aromatic rings. The molecule has 1 atom stereocenters. The Labute approximate surface area is 90.0 Å². The van der Waals surface area contributed by atoms with E-state index in [0.29, 0.717) is 12.8 Å². The second kappa shape index (κ2) is 4.49. The average molecular weight is 235 g/mol. The molecule has 88 valence electrons. The fourth-order valence-corrected chi connectivity index (χ4v) is 3.24. The van der Waals surface area contributed by atoms with Crippen molar-refractivity contribution in [2.45, 2.75) is 31.8 Å². The van der Waals surface area contributed by atoms with Crippen LogP contribution in [0.2, 0.25) is 0 Å². The number of carboxylic acids is 1. The van der Waals surface area contributed by atoms with E-state index in [0.717, 1.165) is 0 Å². The monoisotopic (exact) mass is 235 g/mol. The fraction of sp³-hybridized carbons (Fsp3) is 0.889. The molecule has 0 saturated carbocycles. The van der Waals surface area contributed by atoms with Crippen molar-refractivity contribution in [3.05, 3.63) is 0 Å². The van der Waals surface area contributed by atoms with E-state index in [1.807, 2.05) is 0 Å². The van der Waals surface area contributed by atoms with Crippen LogP contribution in [-0.2, 0) is 14.6 Å². The molecule has 1 aliphatic heterocycles. The summed E-state index contributed by atoms with van der Waals surface area (Å²) in [7, 11) is -1.13. The number of carbonyl (C=O) groups is 1. The first kappa shape index (κ1) is 12.4. The number of nitrogens with zero attached hydrogens (tertiary/aromatic N) is 1. The molecule has 5 nitrogen and oxygen atoms in total. The summed E-state index contributed by atoms with van der Waals surface area (Å²) in [5.41, 5.74) is 0. The molecule has 0 aromatic carbocycles.